The molecule has 0 aliphatic rings. The fourth-order valence-electron chi connectivity index (χ4n) is 2.49. The predicted molar refractivity (Wildman–Crippen MR) is 83.8 cm³/mol. The number of aromatic nitrogens is 2. The van der Waals surface area contributed by atoms with E-state index in [-0.39, 0.29) is 0 Å². The second-order valence-corrected chi connectivity index (χ2v) is 5.79. The molecule has 0 saturated carbocycles. The summed E-state index contributed by atoms with van der Waals surface area (Å²) < 4.78 is 2.21. The first kappa shape index (κ1) is 14.8. The van der Waals surface area contributed by atoms with Crippen molar-refractivity contribution >= 4 is 0 Å². The van der Waals surface area contributed by atoms with Gasteiger partial charge in [-0.15, -0.1) is 0 Å². The Kier molecular flexibility index (Phi) is 4.96. The standard InChI is InChI=1S/C17H25N3/c1-13-5-6-17(15(3)9-13)11-18-10-14(2)12-20-8-7-19-16(20)4/h5-9,14,18H,10-12H2,1-4H3. The minimum absolute atomic E-state index is 0.591. The van der Waals surface area contributed by atoms with Crippen molar-refractivity contribution in [3.8, 4) is 0 Å². The average Bonchev–Trinajstić information content (AvgIpc) is 2.78. The second kappa shape index (κ2) is 6.71. The van der Waals surface area contributed by atoms with Gasteiger partial charge in [-0.2, -0.15) is 0 Å². The van der Waals surface area contributed by atoms with Gasteiger partial charge in [0, 0.05) is 25.5 Å². The van der Waals surface area contributed by atoms with E-state index in [2.05, 4.69) is 67.0 Å². The van der Waals surface area contributed by atoms with Crippen molar-refractivity contribution in [2.24, 2.45) is 5.92 Å². The molecular weight excluding hydrogens is 246 g/mol. The van der Waals surface area contributed by atoms with Gasteiger partial charge in [0.25, 0.3) is 0 Å². The van der Waals surface area contributed by atoms with Gasteiger partial charge in [-0.05, 0) is 44.4 Å². The predicted octanol–water partition coefficient (Wildman–Crippen LogP) is 3.23. The van der Waals surface area contributed by atoms with Gasteiger partial charge in [0.05, 0.1) is 0 Å². The Hall–Kier alpha value is -1.61. The zero-order valence-electron chi connectivity index (χ0n) is 13.0. The lowest BCUT2D eigenvalue weighted by molar-refractivity contribution is 0.440. The summed E-state index contributed by atoms with van der Waals surface area (Å²) in [4.78, 5) is 4.26. The van der Waals surface area contributed by atoms with E-state index in [1.165, 1.54) is 16.7 Å². The van der Waals surface area contributed by atoms with Gasteiger partial charge >= 0.3 is 0 Å². The molecule has 1 N–H and O–H groups in total. The molecule has 1 unspecified atom stereocenters. The Labute approximate surface area is 122 Å². The third kappa shape index (κ3) is 3.94. The van der Waals surface area contributed by atoms with Crippen LogP contribution in [0.4, 0.5) is 0 Å². The van der Waals surface area contributed by atoms with Gasteiger partial charge in [-0.3, -0.25) is 0 Å². The molecule has 0 fully saturated rings. The van der Waals surface area contributed by atoms with Crippen LogP contribution in [0.2, 0.25) is 0 Å². The first-order chi connectivity index (χ1) is 9.56. The average molecular weight is 271 g/mol. The van der Waals surface area contributed by atoms with Crippen LogP contribution in [0.25, 0.3) is 0 Å². The number of nitrogens with zero attached hydrogens (tertiary/aromatic N) is 2. The Morgan fingerprint density at radius 3 is 2.70 bits per heavy atom. The Morgan fingerprint density at radius 2 is 2.05 bits per heavy atom. The summed E-state index contributed by atoms with van der Waals surface area (Å²) in [7, 11) is 0. The summed E-state index contributed by atoms with van der Waals surface area (Å²) in [5.74, 6) is 1.68. The molecule has 2 rings (SSSR count). The molecule has 1 aromatic heterocycles. The lowest BCUT2D eigenvalue weighted by Gasteiger charge is -2.15. The van der Waals surface area contributed by atoms with Gasteiger partial charge in [0.15, 0.2) is 0 Å². The third-order valence-corrected chi connectivity index (χ3v) is 3.74. The zero-order valence-corrected chi connectivity index (χ0v) is 13.0. The number of hydrogen-bond acceptors (Lipinski definition) is 2. The van der Waals surface area contributed by atoms with Gasteiger partial charge in [0.2, 0.25) is 0 Å². The van der Waals surface area contributed by atoms with Crippen LogP contribution < -0.4 is 5.32 Å². The normalized spacial score (nSPS) is 12.6. The summed E-state index contributed by atoms with van der Waals surface area (Å²) in [5, 5.41) is 3.56. The maximum absolute atomic E-state index is 4.26. The summed E-state index contributed by atoms with van der Waals surface area (Å²) in [6, 6.07) is 6.65. The minimum atomic E-state index is 0.591. The smallest absolute Gasteiger partial charge is 0.105 e. The molecule has 3 heteroatoms. The van der Waals surface area contributed by atoms with Crippen LogP contribution in [0.1, 0.15) is 29.4 Å². The first-order valence-electron chi connectivity index (χ1n) is 7.31. The number of benzene rings is 1. The lowest BCUT2D eigenvalue weighted by Crippen LogP contribution is -2.24. The van der Waals surface area contributed by atoms with Crippen molar-refractivity contribution in [1.29, 1.82) is 0 Å². The molecule has 2 aromatic rings. The van der Waals surface area contributed by atoms with Crippen LogP contribution in [-0.4, -0.2) is 16.1 Å². The SMILES string of the molecule is Cc1ccc(CNCC(C)Cn2ccnc2C)c(C)c1. The Bertz CT molecular complexity index is 557. The number of hydrogen-bond donors (Lipinski definition) is 1. The summed E-state index contributed by atoms with van der Waals surface area (Å²) in [6.07, 6.45) is 3.92. The van der Waals surface area contributed by atoms with E-state index in [0.717, 1.165) is 25.5 Å². The van der Waals surface area contributed by atoms with E-state index in [0.29, 0.717) is 5.92 Å². The molecule has 0 radical (unpaired) electrons. The Morgan fingerprint density at radius 1 is 1.25 bits per heavy atom. The van der Waals surface area contributed by atoms with Gasteiger partial charge < -0.3 is 9.88 Å². The van der Waals surface area contributed by atoms with Crippen LogP contribution in [0.15, 0.2) is 30.6 Å². The molecule has 3 nitrogen and oxygen atoms in total. The summed E-state index contributed by atoms with van der Waals surface area (Å²) >= 11 is 0. The zero-order chi connectivity index (χ0) is 14.5. The van der Waals surface area contributed by atoms with Crippen molar-refractivity contribution in [2.45, 2.75) is 40.8 Å². The highest BCUT2D eigenvalue weighted by Crippen LogP contribution is 2.10. The fourth-order valence-corrected chi connectivity index (χ4v) is 2.49. The molecule has 1 atom stereocenters. The maximum Gasteiger partial charge on any atom is 0.105 e. The second-order valence-electron chi connectivity index (χ2n) is 5.79. The van der Waals surface area contributed by atoms with Crippen LogP contribution in [0.3, 0.4) is 0 Å². The molecule has 0 aliphatic heterocycles. The molecule has 0 saturated heterocycles. The molecule has 0 aliphatic carbocycles. The van der Waals surface area contributed by atoms with E-state index in [4.69, 9.17) is 0 Å². The van der Waals surface area contributed by atoms with E-state index < -0.39 is 0 Å². The number of aryl methyl sites for hydroxylation is 3. The van der Waals surface area contributed by atoms with Gasteiger partial charge in [-0.25, -0.2) is 4.98 Å². The monoisotopic (exact) mass is 271 g/mol. The molecule has 20 heavy (non-hydrogen) atoms. The van der Waals surface area contributed by atoms with Gasteiger partial charge in [-0.1, -0.05) is 30.7 Å². The summed E-state index contributed by atoms with van der Waals surface area (Å²) in [6.45, 7) is 11.6. The molecular formula is C17H25N3. The number of rotatable bonds is 6. The molecule has 1 aromatic carbocycles. The highest BCUT2D eigenvalue weighted by atomic mass is 15.1. The number of nitrogens with one attached hydrogen (secondary N) is 1. The lowest BCUT2D eigenvalue weighted by atomic mass is 10.1. The quantitative estimate of drug-likeness (QED) is 0.874. The minimum Gasteiger partial charge on any atom is -0.335 e. The topological polar surface area (TPSA) is 29.9 Å². The Balaban J connectivity index is 1.79. The molecule has 0 amide bonds. The van der Waals surface area contributed by atoms with Crippen molar-refractivity contribution in [3.05, 3.63) is 53.1 Å². The molecule has 108 valence electrons. The van der Waals surface area contributed by atoms with Crippen molar-refractivity contribution in [1.82, 2.24) is 14.9 Å². The van der Waals surface area contributed by atoms with E-state index >= 15 is 0 Å². The number of imidazole rings is 1. The van der Waals surface area contributed by atoms with E-state index in [1.807, 2.05) is 6.20 Å². The van der Waals surface area contributed by atoms with Gasteiger partial charge in [0.1, 0.15) is 5.82 Å². The first-order valence-corrected chi connectivity index (χ1v) is 7.31. The molecule has 0 bridgehead atoms. The highest BCUT2D eigenvalue weighted by molar-refractivity contribution is 5.30. The van der Waals surface area contributed by atoms with Crippen LogP contribution in [-0.2, 0) is 13.1 Å². The molecule has 1 heterocycles. The van der Waals surface area contributed by atoms with E-state index in [1.54, 1.807) is 0 Å². The maximum atomic E-state index is 4.26. The van der Waals surface area contributed by atoms with E-state index in [9.17, 15) is 0 Å². The van der Waals surface area contributed by atoms with Crippen molar-refractivity contribution in [2.75, 3.05) is 6.54 Å². The van der Waals surface area contributed by atoms with Crippen LogP contribution in [0, 0.1) is 26.7 Å². The summed E-state index contributed by atoms with van der Waals surface area (Å²) in [5.41, 5.74) is 4.09. The van der Waals surface area contributed by atoms with Crippen molar-refractivity contribution in [3.63, 3.8) is 0 Å². The van der Waals surface area contributed by atoms with Crippen LogP contribution in [0.5, 0.6) is 0 Å². The molecule has 0 spiro atoms. The third-order valence-electron chi connectivity index (χ3n) is 3.74. The fraction of sp³-hybridized carbons (Fsp3) is 0.471. The highest BCUT2D eigenvalue weighted by Gasteiger charge is 2.05. The van der Waals surface area contributed by atoms with Crippen molar-refractivity contribution < 1.29 is 0 Å². The largest absolute Gasteiger partial charge is 0.335 e. The van der Waals surface area contributed by atoms with Crippen LogP contribution >= 0.6 is 0 Å².